The number of para-hydroxylation sites is 1. The van der Waals surface area contributed by atoms with E-state index in [4.69, 9.17) is 4.74 Å². The Bertz CT molecular complexity index is 1330. The first-order valence-electron chi connectivity index (χ1n) is 10.8. The standard InChI is InChI=1S/C25H27N3O3/c1-4-5-14-27-24(29)21-15-19-18-8-6-7-9-20(18)26(2)23(19)22(28(21)25(27)30)16-10-12-17(31-3)13-11-16/h6-13,22,29H,4-5,14-15H2,1-3H3/t22-/m0/s1. The Morgan fingerprint density at radius 3 is 2.58 bits per heavy atom. The van der Waals surface area contributed by atoms with Crippen LogP contribution in [0.4, 0.5) is 0 Å². The number of rotatable bonds is 5. The van der Waals surface area contributed by atoms with E-state index in [1.165, 1.54) is 10.1 Å². The third-order valence-electron chi connectivity index (χ3n) is 6.53. The van der Waals surface area contributed by atoms with Gasteiger partial charge in [-0.25, -0.2) is 4.79 Å². The van der Waals surface area contributed by atoms with Crippen molar-refractivity contribution in [2.45, 2.75) is 38.8 Å². The Kier molecular flexibility index (Phi) is 4.65. The molecule has 0 fully saturated rings. The molecule has 2 aromatic carbocycles. The molecule has 0 radical (unpaired) electrons. The fraction of sp³-hybridized carbons (Fsp3) is 0.320. The van der Waals surface area contributed by atoms with Gasteiger partial charge < -0.3 is 14.4 Å². The van der Waals surface area contributed by atoms with Crippen LogP contribution in [0.1, 0.15) is 48.3 Å². The molecular weight excluding hydrogens is 390 g/mol. The molecule has 1 atom stereocenters. The Morgan fingerprint density at radius 2 is 1.87 bits per heavy atom. The Labute approximate surface area is 180 Å². The summed E-state index contributed by atoms with van der Waals surface area (Å²) in [7, 11) is 3.70. The summed E-state index contributed by atoms with van der Waals surface area (Å²) in [6, 6.07) is 15.8. The van der Waals surface area contributed by atoms with Crippen molar-refractivity contribution >= 4 is 10.9 Å². The number of benzene rings is 2. The lowest BCUT2D eigenvalue weighted by Crippen LogP contribution is -2.33. The van der Waals surface area contributed by atoms with Crippen molar-refractivity contribution in [3.63, 3.8) is 0 Å². The summed E-state index contributed by atoms with van der Waals surface area (Å²) in [6.07, 6.45) is 2.34. The number of imidazole rings is 1. The van der Waals surface area contributed by atoms with Crippen LogP contribution in [0.3, 0.4) is 0 Å². The summed E-state index contributed by atoms with van der Waals surface area (Å²) in [6.45, 7) is 2.60. The lowest BCUT2D eigenvalue weighted by atomic mass is 9.92. The molecule has 31 heavy (non-hydrogen) atoms. The van der Waals surface area contributed by atoms with Crippen LogP contribution in [0.2, 0.25) is 0 Å². The minimum Gasteiger partial charge on any atom is -0.497 e. The van der Waals surface area contributed by atoms with E-state index in [9.17, 15) is 9.90 Å². The fourth-order valence-electron chi connectivity index (χ4n) is 4.96. The minimum absolute atomic E-state index is 0.0931. The second-order valence-electron chi connectivity index (χ2n) is 8.22. The van der Waals surface area contributed by atoms with Gasteiger partial charge in [0.15, 0.2) is 0 Å². The molecule has 5 rings (SSSR count). The maximum Gasteiger partial charge on any atom is 0.332 e. The van der Waals surface area contributed by atoms with Crippen molar-refractivity contribution in [1.82, 2.24) is 13.7 Å². The number of hydrogen-bond acceptors (Lipinski definition) is 3. The topological polar surface area (TPSA) is 61.3 Å². The predicted molar refractivity (Wildman–Crippen MR) is 121 cm³/mol. The molecule has 0 saturated carbocycles. The second kappa shape index (κ2) is 7.38. The van der Waals surface area contributed by atoms with Crippen molar-refractivity contribution in [2.24, 2.45) is 7.05 Å². The predicted octanol–water partition coefficient (Wildman–Crippen LogP) is 4.20. The van der Waals surface area contributed by atoms with Crippen molar-refractivity contribution in [1.29, 1.82) is 0 Å². The normalized spacial score (nSPS) is 15.1. The van der Waals surface area contributed by atoms with Gasteiger partial charge in [0, 0.05) is 36.6 Å². The van der Waals surface area contributed by atoms with Crippen molar-refractivity contribution in [3.05, 3.63) is 81.5 Å². The third-order valence-corrected chi connectivity index (χ3v) is 6.53. The number of fused-ring (bicyclic) bond motifs is 4. The van der Waals surface area contributed by atoms with E-state index in [1.807, 2.05) is 36.4 Å². The quantitative estimate of drug-likeness (QED) is 0.466. The van der Waals surface area contributed by atoms with Crippen LogP contribution in [0.25, 0.3) is 10.9 Å². The van der Waals surface area contributed by atoms with E-state index in [0.717, 1.165) is 40.8 Å². The van der Waals surface area contributed by atoms with E-state index in [-0.39, 0.29) is 17.6 Å². The first-order valence-corrected chi connectivity index (χ1v) is 10.8. The number of ether oxygens (including phenoxy) is 1. The van der Waals surface area contributed by atoms with Gasteiger partial charge in [0.05, 0.1) is 12.8 Å². The van der Waals surface area contributed by atoms with Crippen LogP contribution in [-0.2, 0) is 20.0 Å². The highest BCUT2D eigenvalue weighted by molar-refractivity contribution is 5.86. The zero-order chi connectivity index (χ0) is 21.7. The van der Waals surface area contributed by atoms with Gasteiger partial charge in [-0.05, 0) is 35.7 Å². The van der Waals surface area contributed by atoms with E-state index >= 15 is 0 Å². The van der Waals surface area contributed by atoms with Gasteiger partial charge >= 0.3 is 5.69 Å². The van der Waals surface area contributed by atoms with Crippen LogP contribution >= 0.6 is 0 Å². The van der Waals surface area contributed by atoms with E-state index in [0.29, 0.717) is 18.7 Å². The monoisotopic (exact) mass is 417 g/mol. The molecule has 1 aliphatic rings. The van der Waals surface area contributed by atoms with Gasteiger partial charge in [0.2, 0.25) is 5.88 Å². The summed E-state index contributed by atoms with van der Waals surface area (Å²) < 4.78 is 10.8. The Morgan fingerprint density at radius 1 is 1.13 bits per heavy atom. The molecule has 0 unspecified atom stereocenters. The fourth-order valence-corrected chi connectivity index (χ4v) is 4.96. The number of methoxy groups -OCH3 is 1. The molecule has 160 valence electrons. The zero-order valence-electron chi connectivity index (χ0n) is 18.1. The van der Waals surface area contributed by atoms with Crippen LogP contribution in [-0.4, -0.2) is 25.9 Å². The maximum atomic E-state index is 13.5. The van der Waals surface area contributed by atoms with Crippen molar-refractivity contribution < 1.29 is 9.84 Å². The smallest absolute Gasteiger partial charge is 0.332 e. The molecule has 4 aromatic rings. The second-order valence-corrected chi connectivity index (χ2v) is 8.22. The van der Waals surface area contributed by atoms with Crippen LogP contribution < -0.4 is 10.4 Å². The number of unbranched alkanes of at least 4 members (excludes halogenated alkanes) is 1. The highest BCUT2D eigenvalue weighted by atomic mass is 16.5. The first kappa shape index (κ1) is 19.5. The van der Waals surface area contributed by atoms with Crippen LogP contribution in [0, 0.1) is 0 Å². The summed E-state index contributed by atoms with van der Waals surface area (Å²) in [4.78, 5) is 13.5. The number of aryl methyl sites for hydroxylation is 1. The number of hydrogen-bond donors (Lipinski definition) is 1. The third kappa shape index (κ3) is 2.81. The highest BCUT2D eigenvalue weighted by Crippen LogP contribution is 2.42. The number of aromatic nitrogens is 3. The molecule has 0 saturated heterocycles. The molecule has 6 heteroatoms. The molecule has 3 heterocycles. The van der Waals surface area contributed by atoms with Gasteiger partial charge in [-0.3, -0.25) is 9.13 Å². The van der Waals surface area contributed by atoms with Gasteiger partial charge in [-0.2, -0.15) is 0 Å². The van der Waals surface area contributed by atoms with Crippen molar-refractivity contribution in [2.75, 3.05) is 7.11 Å². The van der Waals surface area contributed by atoms with Gasteiger partial charge in [-0.1, -0.05) is 43.7 Å². The zero-order valence-corrected chi connectivity index (χ0v) is 18.1. The lowest BCUT2D eigenvalue weighted by molar-refractivity contribution is 0.404. The number of aromatic hydroxyl groups is 1. The Balaban J connectivity index is 1.80. The van der Waals surface area contributed by atoms with Gasteiger partial charge in [-0.15, -0.1) is 0 Å². The molecule has 1 aliphatic heterocycles. The van der Waals surface area contributed by atoms with E-state index in [2.05, 4.69) is 30.7 Å². The molecule has 0 amide bonds. The average molecular weight is 418 g/mol. The molecule has 1 N–H and O–H groups in total. The SMILES string of the molecule is CCCCn1c(O)c2n(c1=O)[C@@H](c1ccc(OC)cc1)c1c(c3ccccc3n1C)C2. The molecule has 6 nitrogen and oxygen atoms in total. The molecule has 0 aliphatic carbocycles. The number of nitrogens with zero attached hydrogens (tertiary/aromatic N) is 3. The van der Waals surface area contributed by atoms with Crippen LogP contribution in [0.5, 0.6) is 11.6 Å². The first-order chi connectivity index (χ1) is 15.1. The molecular formula is C25H27N3O3. The largest absolute Gasteiger partial charge is 0.497 e. The molecule has 0 spiro atoms. The van der Waals surface area contributed by atoms with Gasteiger partial charge in [0.25, 0.3) is 0 Å². The summed E-state index contributed by atoms with van der Waals surface area (Å²) in [5.74, 6) is 0.864. The highest BCUT2D eigenvalue weighted by Gasteiger charge is 2.36. The summed E-state index contributed by atoms with van der Waals surface area (Å²) in [5, 5.41) is 12.2. The van der Waals surface area contributed by atoms with Crippen molar-refractivity contribution in [3.8, 4) is 11.6 Å². The summed E-state index contributed by atoms with van der Waals surface area (Å²) in [5.41, 5.74) is 4.91. The maximum absolute atomic E-state index is 13.5. The Hall–Kier alpha value is -3.41. The van der Waals surface area contributed by atoms with Crippen LogP contribution in [0.15, 0.2) is 53.3 Å². The van der Waals surface area contributed by atoms with E-state index < -0.39 is 0 Å². The lowest BCUT2D eigenvalue weighted by Gasteiger charge is -2.27. The minimum atomic E-state index is -0.316. The van der Waals surface area contributed by atoms with E-state index in [1.54, 1.807) is 11.7 Å². The average Bonchev–Trinajstić information content (AvgIpc) is 3.22. The molecule has 2 aromatic heterocycles. The molecule has 0 bridgehead atoms. The van der Waals surface area contributed by atoms with Gasteiger partial charge in [0.1, 0.15) is 11.8 Å². The summed E-state index contributed by atoms with van der Waals surface area (Å²) >= 11 is 0.